The molecule has 2 aliphatic rings. The van der Waals surface area contributed by atoms with Gasteiger partial charge < -0.3 is 5.32 Å². The van der Waals surface area contributed by atoms with Crippen molar-refractivity contribution in [3.05, 3.63) is 35.9 Å². The Hall–Kier alpha value is -0.860. The Morgan fingerprint density at radius 2 is 1.86 bits per heavy atom. The molecule has 116 valence electrons. The van der Waals surface area contributed by atoms with Gasteiger partial charge in [-0.2, -0.15) is 0 Å². The van der Waals surface area contributed by atoms with E-state index in [9.17, 15) is 0 Å². The number of nitrogens with one attached hydrogen (secondary N) is 1. The second-order valence-electron chi connectivity index (χ2n) is 7.39. The first-order chi connectivity index (χ1) is 10.2. The molecule has 0 bridgehead atoms. The summed E-state index contributed by atoms with van der Waals surface area (Å²) in [6.07, 6.45) is 5.81. The minimum atomic E-state index is 0.658. The lowest BCUT2D eigenvalue weighted by Gasteiger charge is -2.40. The van der Waals surface area contributed by atoms with E-state index in [1.54, 1.807) is 0 Å². The molecule has 1 saturated carbocycles. The zero-order valence-corrected chi connectivity index (χ0v) is 13.6. The molecule has 0 amide bonds. The average molecular weight is 286 g/mol. The Kier molecular flexibility index (Phi) is 4.97. The van der Waals surface area contributed by atoms with Crippen LogP contribution in [0, 0.1) is 11.8 Å². The van der Waals surface area contributed by atoms with Gasteiger partial charge in [-0.1, -0.05) is 43.2 Å². The second kappa shape index (κ2) is 6.93. The van der Waals surface area contributed by atoms with Gasteiger partial charge in [0.2, 0.25) is 0 Å². The molecule has 2 nitrogen and oxygen atoms in total. The number of hydrogen-bond acceptors (Lipinski definition) is 2. The molecule has 1 saturated heterocycles. The monoisotopic (exact) mass is 286 g/mol. The van der Waals surface area contributed by atoms with Crippen molar-refractivity contribution in [2.75, 3.05) is 13.1 Å². The zero-order chi connectivity index (χ0) is 14.7. The summed E-state index contributed by atoms with van der Waals surface area (Å²) in [6.45, 7) is 8.22. The summed E-state index contributed by atoms with van der Waals surface area (Å²) in [5, 5.41) is 3.80. The van der Waals surface area contributed by atoms with Gasteiger partial charge in [0, 0.05) is 31.7 Å². The highest BCUT2D eigenvalue weighted by molar-refractivity contribution is 5.14. The first kappa shape index (κ1) is 15.1. The van der Waals surface area contributed by atoms with E-state index in [1.807, 2.05) is 0 Å². The molecule has 0 radical (unpaired) electrons. The Bertz CT molecular complexity index is 424. The number of benzene rings is 1. The first-order valence-corrected chi connectivity index (χ1v) is 8.72. The maximum Gasteiger partial charge on any atom is 0.0208 e. The minimum Gasteiger partial charge on any atom is -0.309 e. The summed E-state index contributed by atoms with van der Waals surface area (Å²) in [5.41, 5.74) is 1.40. The molecule has 21 heavy (non-hydrogen) atoms. The van der Waals surface area contributed by atoms with Crippen molar-refractivity contribution in [1.82, 2.24) is 10.2 Å². The van der Waals surface area contributed by atoms with Crippen LogP contribution >= 0.6 is 0 Å². The van der Waals surface area contributed by atoms with Crippen LogP contribution in [0.1, 0.15) is 45.1 Å². The van der Waals surface area contributed by atoms with Crippen LogP contribution < -0.4 is 5.32 Å². The third-order valence-electron chi connectivity index (χ3n) is 5.10. The Labute approximate surface area is 129 Å². The van der Waals surface area contributed by atoms with Crippen molar-refractivity contribution in [1.29, 1.82) is 0 Å². The predicted octanol–water partition coefficient (Wildman–Crippen LogP) is 3.68. The third kappa shape index (κ3) is 4.55. The molecule has 0 aromatic heterocycles. The summed E-state index contributed by atoms with van der Waals surface area (Å²) in [7, 11) is 0. The van der Waals surface area contributed by atoms with E-state index < -0.39 is 0 Å². The van der Waals surface area contributed by atoms with Crippen molar-refractivity contribution >= 4 is 0 Å². The van der Waals surface area contributed by atoms with Gasteiger partial charge in [-0.3, -0.25) is 4.90 Å². The normalized spacial score (nSPS) is 27.2. The lowest BCUT2D eigenvalue weighted by molar-refractivity contribution is 0.104. The van der Waals surface area contributed by atoms with Gasteiger partial charge in [0.25, 0.3) is 0 Å². The molecule has 2 heteroatoms. The maximum atomic E-state index is 3.80. The van der Waals surface area contributed by atoms with E-state index in [-0.39, 0.29) is 0 Å². The van der Waals surface area contributed by atoms with Crippen LogP contribution in [-0.4, -0.2) is 30.1 Å². The number of hydrogen-bond donors (Lipinski definition) is 1. The Balaban J connectivity index is 1.54. The molecule has 1 aliphatic heterocycles. The van der Waals surface area contributed by atoms with E-state index in [0.29, 0.717) is 12.1 Å². The largest absolute Gasteiger partial charge is 0.309 e. The van der Waals surface area contributed by atoms with Crippen molar-refractivity contribution < 1.29 is 0 Å². The van der Waals surface area contributed by atoms with E-state index in [1.165, 1.54) is 44.3 Å². The smallest absolute Gasteiger partial charge is 0.0208 e. The zero-order valence-electron chi connectivity index (χ0n) is 13.6. The van der Waals surface area contributed by atoms with Gasteiger partial charge in [0.1, 0.15) is 0 Å². The highest BCUT2D eigenvalue weighted by Gasteiger charge is 2.32. The molecule has 1 aromatic rings. The summed E-state index contributed by atoms with van der Waals surface area (Å²) in [4.78, 5) is 2.68. The van der Waals surface area contributed by atoms with Gasteiger partial charge in [-0.15, -0.1) is 0 Å². The lowest BCUT2D eigenvalue weighted by atomic mass is 9.89. The van der Waals surface area contributed by atoms with Crippen LogP contribution in [0.15, 0.2) is 30.3 Å². The van der Waals surface area contributed by atoms with E-state index in [4.69, 9.17) is 0 Å². The highest BCUT2D eigenvalue weighted by Crippen LogP contribution is 2.38. The van der Waals surface area contributed by atoms with E-state index in [2.05, 4.69) is 54.4 Å². The molecule has 2 unspecified atom stereocenters. The average Bonchev–Trinajstić information content (AvgIpc) is 3.30. The Morgan fingerprint density at radius 1 is 1.10 bits per heavy atom. The van der Waals surface area contributed by atoms with Crippen molar-refractivity contribution in [3.63, 3.8) is 0 Å². The SMILES string of the molecule is CC(C)N1CC(CC2CC2)CC(NCc2ccccc2)C1. The van der Waals surface area contributed by atoms with E-state index >= 15 is 0 Å². The first-order valence-electron chi connectivity index (χ1n) is 8.72. The van der Waals surface area contributed by atoms with Crippen LogP contribution in [0.3, 0.4) is 0 Å². The lowest BCUT2D eigenvalue weighted by Crippen LogP contribution is -2.51. The quantitative estimate of drug-likeness (QED) is 0.858. The van der Waals surface area contributed by atoms with Crippen LogP contribution in [-0.2, 0) is 6.54 Å². The fourth-order valence-corrected chi connectivity index (χ4v) is 3.66. The molecule has 1 heterocycles. The molecular formula is C19H30N2. The van der Waals surface area contributed by atoms with Crippen LogP contribution in [0.25, 0.3) is 0 Å². The van der Waals surface area contributed by atoms with Gasteiger partial charge in [0.15, 0.2) is 0 Å². The Morgan fingerprint density at radius 3 is 2.52 bits per heavy atom. The molecule has 1 N–H and O–H groups in total. The van der Waals surface area contributed by atoms with Crippen LogP contribution in [0.2, 0.25) is 0 Å². The maximum absolute atomic E-state index is 3.80. The third-order valence-corrected chi connectivity index (χ3v) is 5.10. The molecule has 1 aromatic carbocycles. The van der Waals surface area contributed by atoms with Crippen molar-refractivity contribution in [3.8, 4) is 0 Å². The van der Waals surface area contributed by atoms with Crippen molar-refractivity contribution in [2.24, 2.45) is 11.8 Å². The molecule has 2 fully saturated rings. The summed E-state index contributed by atoms with van der Waals surface area (Å²) in [6, 6.07) is 12.1. The standard InChI is InChI=1S/C19H30N2/c1-15(2)21-13-18(10-16-8-9-16)11-19(14-21)20-12-17-6-4-3-5-7-17/h3-7,15-16,18-20H,8-14H2,1-2H3. The summed E-state index contributed by atoms with van der Waals surface area (Å²) >= 11 is 0. The minimum absolute atomic E-state index is 0.658. The fraction of sp³-hybridized carbons (Fsp3) is 0.684. The van der Waals surface area contributed by atoms with Gasteiger partial charge >= 0.3 is 0 Å². The van der Waals surface area contributed by atoms with E-state index in [0.717, 1.165) is 18.4 Å². The van der Waals surface area contributed by atoms with Gasteiger partial charge in [0.05, 0.1) is 0 Å². The molecule has 2 atom stereocenters. The highest BCUT2D eigenvalue weighted by atomic mass is 15.2. The second-order valence-corrected chi connectivity index (χ2v) is 7.39. The van der Waals surface area contributed by atoms with Crippen LogP contribution in [0.4, 0.5) is 0 Å². The summed E-state index contributed by atoms with van der Waals surface area (Å²) in [5.74, 6) is 1.96. The fourth-order valence-electron chi connectivity index (χ4n) is 3.66. The topological polar surface area (TPSA) is 15.3 Å². The number of rotatable bonds is 6. The summed E-state index contributed by atoms with van der Waals surface area (Å²) < 4.78 is 0. The van der Waals surface area contributed by atoms with Crippen molar-refractivity contribution in [2.45, 2.75) is 58.2 Å². The van der Waals surface area contributed by atoms with Gasteiger partial charge in [-0.25, -0.2) is 0 Å². The number of nitrogens with zero attached hydrogens (tertiary/aromatic N) is 1. The van der Waals surface area contributed by atoms with Gasteiger partial charge in [-0.05, 0) is 44.1 Å². The number of piperidine rings is 1. The molecule has 0 spiro atoms. The van der Waals surface area contributed by atoms with Crippen LogP contribution in [0.5, 0.6) is 0 Å². The molecular weight excluding hydrogens is 256 g/mol. The number of likely N-dealkylation sites (tertiary alicyclic amines) is 1. The predicted molar refractivity (Wildman–Crippen MR) is 89.2 cm³/mol. The molecule has 1 aliphatic carbocycles. The molecule has 3 rings (SSSR count).